The van der Waals surface area contributed by atoms with Gasteiger partial charge >= 0.3 is 14.8 Å². The summed E-state index contributed by atoms with van der Waals surface area (Å²) in [5, 5.41) is 0. The monoisotopic (exact) mass is 474 g/mol. The van der Waals surface area contributed by atoms with Crippen LogP contribution in [0.5, 0.6) is 0 Å². The van der Waals surface area contributed by atoms with Crippen LogP contribution in [0.3, 0.4) is 0 Å². The fraction of sp³-hybridized carbons (Fsp3) is 0.960. The molecule has 1 fully saturated rings. The van der Waals surface area contributed by atoms with E-state index in [4.69, 9.17) is 22.8 Å². The fourth-order valence-corrected chi connectivity index (χ4v) is 6.32. The van der Waals surface area contributed by atoms with Crippen LogP contribution in [0.25, 0.3) is 0 Å². The zero-order valence-corrected chi connectivity index (χ0v) is 23.1. The van der Waals surface area contributed by atoms with Crippen molar-refractivity contribution in [2.45, 2.75) is 105 Å². The number of hydrogen-bond acceptors (Lipinski definition) is 6. The lowest BCUT2D eigenvalue weighted by Gasteiger charge is -2.40. The van der Waals surface area contributed by atoms with Crippen LogP contribution in [0.15, 0.2) is 0 Å². The Morgan fingerprint density at radius 1 is 0.844 bits per heavy atom. The van der Waals surface area contributed by atoms with Crippen molar-refractivity contribution in [3.8, 4) is 0 Å². The molecular formula is C25H50O6Si. The molecule has 0 bridgehead atoms. The van der Waals surface area contributed by atoms with E-state index >= 15 is 0 Å². The van der Waals surface area contributed by atoms with Crippen LogP contribution in [0.4, 0.5) is 0 Å². The van der Waals surface area contributed by atoms with Crippen molar-refractivity contribution in [2.24, 2.45) is 16.7 Å². The molecule has 0 aromatic carbocycles. The fourth-order valence-electron chi connectivity index (χ4n) is 4.52. The summed E-state index contributed by atoms with van der Waals surface area (Å²) in [4.78, 5) is 12.0. The van der Waals surface area contributed by atoms with Gasteiger partial charge in [0.25, 0.3) is 0 Å². The molecule has 0 N–H and O–H groups in total. The number of ether oxygens (including phenoxy) is 2. The Balaban J connectivity index is 2.15. The predicted molar refractivity (Wildman–Crippen MR) is 131 cm³/mol. The van der Waals surface area contributed by atoms with Gasteiger partial charge in [0.2, 0.25) is 0 Å². The zero-order chi connectivity index (χ0) is 24.3. The molecule has 1 aliphatic rings. The minimum Gasteiger partial charge on any atom is -0.463 e. The zero-order valence-electron chi connectivity index (χ0n) is 22.1. The number of rotatable bonds is 15. The Hall–Kier alpha value is -0.473. The van der Waals surface area contributed by atoms with E-state index in [0.717, 1.165) is 31.6 Å². The van der Waals surface area contributed by atoms with Gasteiger partial charge in [-0.25, -0.2) is 0 Å². The topological polar surface area (TPSA) is 63.2 Å². The Morgan fingerprint density at radius 3 is 1.97 bits per heavy atom. The van der Waals surface area contributed by atoms with Crippen molar-refractivity contribution in [2.75, 3.05) is 34.5 Å². The van der Waals surface area contributed by atoms with Crippen molar-refractivity contribution in [1.29, 1.82) is 0 Å². The summed E-state index contributed by atoms with van der Waals surface area (Å²) in [6, 6.07) is 0.697. The molecule has 0 radical (unpaired) electrons. The third-order valence-corrected chi connectivity index (χ3v) is 9.88. The molecule has 0 spiro atoms. The Morgan fingerprint density at radius 2 is 1.44 bits per heavy atom. The van der Waals surface area contributed by atoms with E-state index in [0.29, 0.717) is 42.6 Å². The first-order valence-corrected chi connectivity index (χ1v) is 14.3. The van der Waals surface area contributed by atoms with Crippen LogP contribution in [-0.4, -0.2) is 55.4 Å². The van der Waals surface area contributed by atoms with Gasteiger partial charge in [-0.3, -0.25) is 4.79 Å². The molecule has 7 heteroatoms. The summed E-state index contributed by atoms with van der Waals surface area (Å²) in [6.45, 7) is 12.7. The molecule has 1 saturated carbocycles. The molecule has 0 heterocycles. The first-order chi connectivity index (χ1) is 15.0. The van der Waals surface area contributed by atoms with Crippen LogP contribution in [-0.2, 0) is 27.5 Å². The largest absolute Gasteiger partial charge is 0.500 e. The van der Waals surface area contributed by atoms with E-state index in [1.807, 2.05) is 0 Å². The molecule has 190 valence electrons. The summed E-state index contributed by atoms with van der Waals surface area (Å²) >= 11 is 0. The maximum absolute atomic E-state index is 12.0. The molecule has 0 saturated heterocycles. The van der Waals surface area contributed by atoms with Gasteiger partial charge in [0.15, 0.2) is 0 Å². The lowest BCUT2D eigenvalue weighted by Crippen LogP contribution is -2.42. The van der Waals surface area contributed by atoms with Crippen LogP contribution >= 0.6 is 0 Å². The molecule has 0 aliphatic heterocycles. The summed E-state index contributed by atoms with van der Waals surface area (Å²) < 4.78 is 27.5. The maximum atomic E-state index is 12.0. The normalized spacial score (nSPS) is 20.4. The number of hydrogen-bond donors (Lipinski definition) is 0. The Kier molecular flexibility index (Phi) is 13.0. The molecule has 0 unspecified atom stereocenters. The lowest BCUT2D eigenvalue weighted by molar-refractivity contribution is -0.146. The highest BCUT2D eigenvalue weighted by Gasteiger charge is 2.37. The molecule has 6 nitrogen and oxygen atoms in total. The summed E-state index contributed by atoms with van der Waals surface area (Å²) in [5.41, 5.74) is 0.796. The molecule has 32 heavy (non-hydrogen) atoms. The smallest absolute Gasteiger partial charge is 0.463 e. The van der Waals surface area contributed by atoms with Gasteiger partial charge in [0.1, 0.15) is 6.61 Å². The van der Waals surface area contributed by atoms with Gasteiger partial charge < -0.3 is 22.8 Å². The summed E-state index contributed by atoms with van der Waals surface area (Å²) in [6.07, 6.45) is 9.50. The number of carbonyl (C=O) groups excluding carboxylic acids is 1. The van der Waals surface area contributed by atoms with Crippen LogP contribution in [0.1, 0.15) is 92.4 Å². The van der Waals surface area contributed by atoms with Gasteiger partial charge in [0, 0.05) is 33.8 Å². The van der Waals surface area contributed by atoms with Crippen molar-refractivity contribution >= 4 is 14.8 Å². The van der Waals surface area contributed by atoms with Crippen molar-refractivity contribution in [1.82, 2.24) is 0 Å². The summed E-state index contributed by atoms with van der Waals surface area (Å²) in [7, 11) is 2.27. The van der Waals surface area contributed by atoms with Gasteiger partial charge in [-0.05, 0) is 68.1 Å². The van der Waals surface area contributed by atoms with Crippen LogP contribution in [0.2, 0.25) is 6.04 Å². The number of carbonyl (C=O) groups is 1. The van der Waals surface area contributed by atoms with Crippen molar-refractivity contribution < 1.29 is 27.5 Å². The maximum Gasteiger partial charge on any atom is 0.500 e. The minimum atomic E-state index is -2.54. The first-order valence-electron chi connectivity index (χ1n) is 12.4. The highest BCUT2D eigenvalue weighted by atomic mass is 28.4. The standard InChI is InChI=1S/C25H50O6Si/c1-24(2,3)16-17-25(4,5)21-12-14-22(15-13-21)30-18-19-31-23(26)11-9-10-20-32(27-6,28-7)29-8/h21-22H,9-20H2,1-8H3. The van der Waals surface area contributed by atoms with Crippen molar-refractivity contribution in [3.05, 3.63) is 0 Å². The van der Waals surface area contributed by atoms with E-state index in [2.05, 4.69) is 34.6 Å². The van der Waals surface area contributed by atoms with Gasteiger partial charge in [-0.15, -0.1) is 0 Å². The Labute approximate surface area is 198 Å². The van der Waals surface area contributed by atoms with Gasteiger partial charge in [0.05, 0.1) is 12.7 Å². The molecule has 0 aromatic heterocycles. The average molecular weight is 475 g/mol. The molecule has 1 rings (SSSR count). The van der Waals surface area contributed by atoms with Crippen LogP contribution in [0, 0.1) is 16.7 Å². The van der Waals surface area contributed by atoms with E-state index in [1.165, 1.54) is 25.7 Å². The molecule has 1 aliphatic carbocycles. The summed E-state index contributed by atoms with van der Waals surface area (Å²) in [5.74, 6) is 0.607. The van der Waals surface area contributed by atoms with Crippen LogP contribution < -0.4 is 0 Å². The van der Waals surface area contributed by atoms with Crippen molar-refractivity contribution in [3.63, 3.8) is 0 Å². The van der Waals surface area contributed by atoms with Gasteiger partial charge in [-0.2, -0.15) is 0 Å². The number of esters is 1. The third kappa shape index (κ3) is 11.1. The predicted octanol–water partition coefficient (Wildman–Crippen LogP) is 6.01. The molecule has 0 amide bonds. The Bertz CT molecular complexity index is 511. The first kappa shape index (κ1) is 29.6. The quantitative estimate of drug-likeness (QED) is 0.165. The SMILES string of the molecule is CO[Si](CCCCC(=O)OCCOC1CCC(C(C)(C)CCC(C)(C)C)CC1)(OC)OC. The molecule has 0 aromatic rings. The highest BCUT2D eigenvalue weighted by Crippen LogP contribution is 2.43. The molecular weight excluding hydrogens is 424 g/mol. The minimum absolute atomic E-state index is 0.169. The van der Waals surface area contributed by atoms with E-state index in [9.17, 15) is 4.79 Å². The third-order valence-electron chi connectivity index (χ3n) is 7.05. The second kappa shape index (κ2) is 14.0. The van der Waals surface area contributed by atoms with E-state index in [-0.39, 0.29) is 5.97 Å². The second-order valence-corrected chi connectivity index (χ2v) is 14.2. The van der Waals surface area contributed by atoms with E-state index in [1.54, 1.807) is 21.3 Å². The number of unbranched alkanes of at least 4 members (excludes halogenated alkanes) is 1. The lowest BCUT2D eigenvalue weighted by atomic mass is 9.67. The van der Waals surface area contributed by atoms with E-state index < -0.39 is 8.80 Å². The molecule has 0 atom stereocenters. The highest BCUT2D eigenvalue weighted by molar-refractivity contribution is 6.60. The average Bonchev–Trinajstić information content (AvgIpc) is 2.76. The second-order valence-electron chi connectivity index (χ2n) is 11.1. The van der Waals surface area contributed by atoms with Gasteiger partial charge in [-0.1, -0.05) is 34.6 Å².